The summed E-state index contributed by atoms with van der Waals surface area (Å²) in [6.07, 6.45) is 76.0. The van der Waals surface area contributed by atoms with Crippen molar-refractivity contribution in [1.29, 1.82) is 0 Å². The number of hydrogen-bond acceptors (Lipinski definition) is 1. The number of nitrogens with zero attached hydrogens (tertiary/aromatic N) is 1. The highest BCUT2D eigenvalue weighted by atomic mass is 15.0. The molecule has 0 amide bonds. The maximum Gasteiger partial charge on any atom is 0.312 e. The standard InChI is InChI=1S/C55H102BN/c1-4-7-10-13-16-19-22-25-28-31-34-37-40-43-46-50-55-51-49-53-56(52-47-44-41-38-35-32-29-26-23-20-17-14-11-8-5-2)57(55)54-48-45-42-39-36-33-30-27-24-21-18-15-12-9-6-3/h46-54H,4-45H2,1-3H3/b50-46+,52-47+,54-48+. The van der Waals surface area contributed by atoms with Gasteiger partial charge in [-0.2, -0.15) is 0 Å². The summed E-state index contributed by atoms with van der Waals surface area (Å²) in [6.45, 7) is 7.26. The second kappa shape index (κ2) is 45.6. The monoisotopic (exact) mass is 788 g/mol. The van der Waals surface area contributed by atoms with Crippen LogP contribution < -0.4 is 0 Å². The lowest BCUT2D eigenvalue weighted by Crippen LogP contribution is -2.33. The first-order valence-electron chi connectivity index (χ1n) is 26.5. The quantitative estimate of drug-likeness (QED) is 0.0439. The van der Waals surface area contributed by atoms with Gasteiger partial charge in [0.15, 0.2) is 0 Å². The summed E-state index contributed by atoms with van der Waals surface area (Å²) < 4.78 is 0. The van der Waals surface area contributed by atoms with E-state index < -0.39 is 0 Å². The number of unbranched alkanes of at least 4 members (excludes halogenated alkanes) is 39. The Morgan fingerprint density at radius 3 is 1.02 bits per heavy atom. The largest absolute Gasteiger partial charge is 0.384 e. The van der Waals surface area contributed by atoms with Crippen molar-refractivity contribution in [2.24, 2.45) is 0 Å². The van der Waals surface area contributed by atoms with Crippen molar-refractivity contribution in [2.45, 2.75) is 290 Å². The van der Waals surface area contributed by atoms with Crippen LogP contribution in [0.15, 0.2) is 60.3 Å². The summed E-state index contributed by atoms with van der Waals surface area (Å²) in [5.74, 6) is 4.86. The molecule has 0 fully saturated rings. The fourth-order valence-electron chi connectivity index (χ4n) is 8.57. The van der Waals surface area contributed by atoms with E-state index in [-0.39, 0.29) is 0 Å². The van der Waals surface area contributed by atoms with E-state index in [0.29, 0.717) is 6.85 Å². The van der Waals surface area contributed by atoms with Gasteiger partial charge >= 0.3 is 6.85 Å². The van der Waals surface area contributed by atoms with Crippen molar-refractivity contribution < 1.29 is 0 Å². The smallest absolute Gasteiger partial charge is 0.312 e. The van der Waals surface area contributed by atoms with Crippen LogP contribution in [0.5, 0.6) is 0 Å². The molecule has 0 aromatic rings. The molecule has 57 heavy (non-hydrogen) atoms. The summed E-state index contributed by atoms with van der Waals surface area (Å²) in [7, 11) is 0. The predicted molar refractivity (Wildman–Crippen MR) is 263 cm³/mol. The van der Waals surface area contributed by atoms with Crippen LogP contribution in [-0.4, -0.2) is 11.7 Å². The lowest BCUT2D eigenvalue weighted by molar-refractivity contribution is 0.540. The molecule has 1 heterocycles. The van der Waals surface area contributed by atoms with Gasteiger partial charge in [0, 0.05) is 5.70 Å². The third kappa shape index (κ3) is 37.3. The van der Waals surface area contributed by atoms with Gasteiger partial charge in [-0.15, -0.1) is 0 Å². The number of hydrogen-bond donors (Lipinski definition) is 0. The minimum absolute atomic E-state index is 0.329. The highest BCUT2D eigenvalue weighted by molar-refractivity contribution is 6.67. The molecule has 0 unspecified atom stereocenters. The highest BCUT2D eigenvalue weighted by Crippen LogP contribution is 2.20. The Kier molecular flexibility index (Phi) is 42.9. The van der Waals surface area contributed by atoms with E-state index in [0.717, 1.165) is 0 Å². The van der Waals surface area contributed by atoms with E-state index in [1.807, 2.05) is 0 Å². The van der Waals surface area contributed by atoms with Crippen LogP contribution in [0.2, 0.25) is 0 Å². The van der Waals surface area contributed by atoms with Crippen LogP contribution in [0.3, 0.4) is 0 Å². The van der Waals surface area contributed by atoms with Gasteiger partial charge in [-0.25, -0.2) is 0 Å². The van der Waals surface area contributed by atoms with Crippen LogP contribution in [0.25, 0.3) is 0 Å². The first kappa shape index (κ1) is 53.6. The number of rotatable bonds is 45. The molecule has 0 radical (unpaired) electrons. The highest BCUT2D eigenvalue weighted by Gasteiger charge is 2.19. The van der Waals surface area contributed by atoms with Crippen molar-refractivity contribution in [3.8, 4) is 0 Å². The Morgan fingerprint density at radius 2 is 0.667 bits per heavy atom. The van der Waals surface area contributed by atoms with E-state index in [4.69, 9.17) is 0 Å². The maximum atomic E-state index is 2.53. The molecule has 1 rings (SSSR count). The van der Waals surface area contributed by atoms with Gasteiger partial charge in [-0.05, 0) is 56.9 Å². The van der Waals surface area contributed by atoms with Crippen molar-refractivity contribution >= 4 is 6.85 Å². The SMILES string of the molecule is CCCCCCCCCCCCCCC/C=C/B1C=CC=C(/C=C/CCCCCCCCCCCCCCC)N1/C=C/CCCCCCCCCCCCCCC. The summed E-state index contributed by atoms with van der Waals surface area (Å²) in [6, 6.07) is 0. The first-order valence-corrected chi connectivity index (χ1v) is 26.5. The molecule has 0 aromatic carbocycles. The molecule has 0 saturated carbocycles. The zero-order valence-electron chi connectivity index (χ0n) is 39.4. The molecule has 0 spiro atoms. The molecule has 0 aliphatic carbocycles. The summed E-state index contributed by atoms with van der Waals surface area (Å²) in [5.41, 5.74) is 1.35. The third-order valence-corrected chi connectivity index (χ3v) is 12.5. The molecular weight excluding hydrogens is 685 g/mol. The summed E-state index contributed by atoms with van der Waals surface area (Å²) in [4.78, 5) is 2.53. The molecule has 1 nitrogen and oxygen atoms in total. The predicted octanol–water partition coefficient (Wildman–Crippen LogP) is 19.9. The second-order valence-corrected chi connectivity index (χ2v) is 18.2. The van der Waals surface area contributed by atoms with E-state index >= 15 is 0 Å². The minimum atomic E-state index is 0.329. The van der Waals surface area contributed by atoms with E-state index in [1.54, 1.807) is 0 Å². The van der Waals surface area contributed by atoms with Gasteiger partial charge in [-0.1, -0.05) is 288 Å². The zero-order valence-corrected chi connectivity index (χ0v) is 39.4. The fraction of sp³-hybridized carbons (Fsp3) is 0.818. The van der Waals surface area contributed by atoms with Gasteiger partial charge in [0.05, 0.1) is 0 Å². The molecule has 0 N–H and O–H groups in total. The summed E-state index contributed by atoms with van der Waals surface area (Å²) in [5, 5.41) is 0. The Morgan fingerprint density at radius 1 is 0.368 bits per heavy atom. The summed E-state index contributed by atoms with van der Waals surface area (Å²) >= 11 is 0. The molecule has 1 aliphatic heterocycles. The molecule has 0 bridgehead atoms. The maximum absolute atomic E-state index is 2.53. The first-order chi connectivity index (χ1) is 28.3. The van der Waals surface area contributed by atoms with Crippen molar-refractivity contribution in [3.05, 3.63) is 60.3 Å². The molecule has 0 aromatic heterocycles. The van der Waals surface area contributed by atoms with Crippen LogP contribution in [-0.2, 0) is 0 Å². The van der Waals surface area contributed by atoms with Gasteiger partial charge in [0.2, 0.25) is 0 Å². The van der Waals surface area contributed by atoms with Gasteiger partial charge in [0.25, 0.3) is 0 Å². The molecule has 0 saturated heterocycles. The van der Waals surface area contributed by atoms with Crippen molar-refractivity contribution in [2.75, 3.05) is 0 Å². The lowest BCUT2D eigenvalue weighted by Gasteiger charge is -2.28. The van der Waals surface area contributed by atoms with Crippen molar-refractivity contribution in [3.63, 3.8) is 0 Å². The van der Waals surface area contributed by atoms with Crippen LogP contribution in [0, 0.1) is 0 Å². The normalized spacial score (nSPS) is 13.4. The number of allylic oxidation sites excluding steroid dienone is 6. The molecule has 330 valence electrons. The Balaban J connectivity index is 2.37. The van der Waals surface area contributed by atoms with Crippen LogP contribution in [0.1, 0.15) is 290 Å². The third-order valence-electron chi connectivity index (χ3n) is 12.5. The fourth-order valence-corrected chi connectivity index (χ4v) is 8.57. The molecule has 0 atom stereocenters. The Bertz CT molecular complexity index is 942. The molecule has 1 aliphatic rings. The van der Waals surface area contributed by atoms with Crippen LogP contribution >= 0.6 is 0 Å². The Hall–Kier alpha value is -1.44. The molecule has 2 heteroatoms. The zero-order chi connectivity index (χ0) is 40.8. The van der Waals surface area contributed by atoms with E-state index in [2.05, 4.69) is 80.2 Å². The lowest BCUT2D eigenvalue weighted by atomic mass is 9.58. The van der Waals surface area contributed by atoms with Crippen LogP contribution in [0.4, 0.5) is 0 Å². The second-order valence-electron chi connectivity index (χ2n) is 18.2. The van der Waals surface area contributed by atoms with E-state index in [9.17, 15) is 0 Å². The van der Waals surface area contributed by atoms with E-state index in [1.165, 1.54) is 275 Å². The van der Waals surface area contributed by atoms with Crippen molar-refractivity contribution in [1.82, 2.24) is 4.81 Å². The van der Waals surface area contributed by atoms with Gasteiger partial charge < -0.3 is 4.81 Å². The average Bonchev–Trinajstić information content (AvgIpc) is 3.22. The average molecular weight is 788 g/mol. The Labute approximate surface area is 361 Å². The molecular formula is C55H102BN. The topological polar surface area (TPSA) is 3.24 Å². The van der Waals surface area contributed by atoms with Gasteiger partial charge in [0.1, 0.15) is 0 Å². The minimum Gasteiger partial charge on any atom is -0.384 e. The van der Waals surface area contributed by atoms with Gasteiger partial charge in [-0.3, -0.25) is 0 Å².